The molecule has 1 unspecified atom stereocenters. The zero-order valence-electron chi connectivity index (χ0n) is 11.8. The van der Waals surface area contributed by atoms with Crippen LogP contribution in [0.2, 0.25) is 0 Å². The second-order valence-electron chi connectivity index (χ2n) is 6.35. The molecule has 0 aliphatic heterocycles. The lowest BCUT2D eigenvalue weighted by Gasteiger charge is -2.36. The van der Waals surface area contributed by atoms with E-state index in [0.717, 1.165) is 12.1 Å². The van der Waals surface area contributed by atoms with Gasteiger partial charge in [-0.05, 0) is 43.9 Å². The van der Waals surface area contributed by atoms with E-state index in [1.54, 1.807) is 0 Å². The largest absolute Gasteiger partial charge is 0.311 e. The van der Waals surface area contributed by atoms with Gasteiger partial charge in [0.2, 0.25) is 0 Å². The molecule has 0 aromatic carbocycles. The van der Waals surface area contributed by atoms with Crippen LogP contribution in [-0.2, 0) is 0 Å². The van der Waals surface area contributed by atoms with E-state index < -0.39 is 0 Å². The van der Waals surface area contributed by atoms with Crippen molar-refractivity contribution in [3.05, 3.63) is 0 Å². The van der Waals surface area contributed by atoms with Gasteiger partial charge in [-0.2, -0.15) is 0 Å². The van der Waals surface area contributed by atoms with Gasteiger partial charge in [0.15, 0.2) is 0 Å². The number of rotatable bonds is 6. The van der Waals surface area contributed by atoms with E-state index in [0.29, 0.717) is 5.41 Å². The van der Waals surface area contributed by atoms with Crippen LogP contribution in [0.25, 0.3) is 0 Å². The number of hydrogen-bond donors (Lipinski definition) is 1. The van der Waals surface area contributed by atoms with Crippen molar-refractivity contribution in [1.82, 2.24) is 5.32 Å². The lowest BCUT2D eigenvalue weighted by Crippen LogP contribution is -2.41. The van der Waals surface area contributed by atoms with Crippen molar-refractivity contribution in [2.24, 2.45) is 5.41 Å². The molecule has 0 spiro atoms. The van der Waals surface area contributed by atoms with Crippen LogP contribution in [0.4, 0.5) is 0 Å². The minimum atomic E-state index is 0.601. The Balaban J connectivity index is 2.25. The first-order valence-electron chi connectivity index (χ1n) is 7.33. The van der Waals surface area contributed by atoms with E-state index in [2.05, 4.69) is 33.0 Å². The van der Waals surface area contributed by atoms with Crippen LogP contribution < -0.4 is 5.32 Å². The monoisotopic (exact) mass is 225 g/mol. The molecule has 16 heavy (non-hydrogen) atoms. The van der Waals surface area contributed by atoms with Crippen molar-refractivity contribution in [2.45, 2.75) is 91.1 Å². The summed E-state index contributed by atoms with van der Waals surface area (Å²) in [7, 11) is 0. The summed E-state index contributed by atoms with van der Waals surface area (Å²) in [5, 5.41) is 3.88. The zero-order chi connectivity index (χ0) is 12.0. The molecular weight excluding hydrogens is 194 g/mol. The van der Waals surface area contributed by atoms with Gasteiger partial charge < -0.3 is 5.32 Å². The molecule has 0 bridgehead atoms. The fourth-order valence-electron chi connectivity index (χ4n) is 2.76. The summed E-state index contributed by atoms with van der Waals surface area (Å²) >= 11 is 0. The molecule has 1 fully saturated rings. The van der Waals surface area contributed by atoms with Crippen LogP contribution in [0.3, 0.4) is 0 Å². The molecular formula is C15H31N. The van der Waals surface area contributed by atoms with Gasteiger partial charge in [0.25, 0.3) is 0 Å². The molecule has 0 amide bonds. The molecule has 0 heterocycles. The standard InChI is InChI=1S/C15H31N/c1-5-7-8-13(6-2)16-14-9-11-15(3,4)12-10-14/h13-14,16H,5-12H2,1-4H3. The number of unbranched alkanes of at least 4 members (excludes halogenated alkanes) is 1. The van der Waals surface area contributed by atoms with Gasteiger partial charge in [-0.1, -0.05) is 40.5 Å². The Labute approximate surface area is 102 Å². The average molecular weight is 225 g/mol. The maximum atomic E-state index is 3.88. The maximum absolute atomic E-state index is 3.88. The highest BCUT2D eigenvalue weighted by Crippen LogP contribution is 2.35. The van der Waals surface area contributed by atoms with Gasteiger partial charge in [-0.3, -0.25) is 0 Å². The van der Waals surface area contributed by atoms with E-state index in [1.807, 2.05) is 0 Å². The summed E-state index contributed by atoms with van der Waals surface area (Å²) in [6.45, 7) is 9.44. The van der Waals surface area contributed by atoms with Crippen molar-refractivity contribution in [3.63, 3.8) is 0 Å². The van der Waals surface area contributed by atoms with Crippen LogP contribution in [0.15, 0.2) is 0 Å². The van der Waals surface area contributed by atoms with Crippen LogP contribution >= 0.6 is 0 Å². The topological polar surface area (TPSA) is 12.0 Å². The summed E-state index contributed by atoms with van der Waals surface area (Å²) in [5.41, 5.74) is 0.601. The normalized spacial score (nSPS) is 23.2. The summed E-state index contributed by atoms with van der Waals surface area (Å²) in [4.78, 5) is 0. The van der Waals surface area contributed by atoms with E-state index >= 15 is 0 Å². The molecule has 1 aliphatic carbocycles. The third-order valence-corrected chi connectivity index (χ3v) is 4.21. The van der Waals surface area contributed by atoms with E-state index in [1.165, 1.54) is 51.4 Å². The highest BCUT2D eigenvalue weighted by molar-refractivity contribution is 4.84. The van der Waals surface area contributed by atoms with Crippen LogP contribution in [0.1, 0.15) is 79.1 Å². The Morgan fingerprint density at radius 2 is 1.81 bits per heavy atom. The summed E-state index contributed by atoms with van der Waals surface area (Å²) in [6.07, 6.45) is 10.9. The van der Waals surface area contributed by atoms with Gasteiger partial charge in [-0.25, -0.2) is 0 Å². The third-order valence-electron chi connectivity index (χ3n) is 4.21. The van der Waals surface area contributed by atoms with Crippen LogP contribution in [-0.4, -0.2) is 12.1 Å². The molecule has 0 aromatic heterocycles. The van der Waals surface area contributed by atoms with Gasteiger partial charge >= 0.3 is 0 Å². The first-order chi connectivity index (χ1) is 7.57. The lowest BCUT2D eigenvalue weighted by molar-refractivity contribution is 0.195. The Bertz CT molecular complexity index is 176. The summed E-state index contributed by atoms with van der Waals surface area (Å²) < 4.78 is 0. The van der Waals surface area contributed by atoms with Crippen LogP contribution in [0, 0.1) is 5.41 Å². The van der Waals surface area contributed by atoms with Crippen LogP contribution in [0.5, 0.6) is 0 Å². The number of nitrogens with one attached hydrogen (secondary N) is 1. The average Bonchev–Trinajstić information content (AvgIpc) is 2.26. The Morgan fingerprint density at radius 1 is 1.19 bits per heavy atom. The Morgan fingerprint density at radius 3 is 2.31 bits per heavy atom. The molecule has 0 saturated heterocycles. The Hall–Kier alpha value is -0.0400. The molecule has 96 valence electrons. The highest BCUT2D eigenvalue weighted by Gasteiger charge is 2.27. The highest BCUT2D eigenvalue weighted by atomic mass is 14.9. The van der Waals surface area contributed by atoms with Crippen molar-refractivity contribution < 1.29 is 0 Å². The van der Waals surface area contributed by atoms with Gasteiger partial charge in [-0.15, -0.1) is 0 Å². The first kappa shape index (κ1) is 14.0. The second kappa shape index (κ2) is 6.64. The van der Waals surface area contributed by atoms with Crippen molar-refractivity contribution in [3.8, 4) is 0 Å². The third kappa shape index (κ3) is 4.86. The molecule has 1 saturated carbocycles. The van der Waals surface area contributed by atoms with Gasteiger partial charge in [0.05, 0.1) is 0 Å². The van der Waals surface area contributed by atoms with Crippen molar-refractivity contribution >= 4 is 0 Å². The predicted octanol–water partition coefficient (Wildman–Crippen LogP) is 4.51. The first-order valence-corrected chi connectivity index (χ1v) is 7.33. The van der Waals surface area contributed by atoms with E-state index in [9.17, 15) is 0 Å². The zero-order valence-corrected chi connectivity index (χ0v) is 11.8. The second-order valence-corrected chi connectivity index (χ2v) is 6.35. The number of hydrogen-bond acceptors (Lipinski definition) is 1. The molecule has 1 rings (SSSR count). The fraction of sp³-hybridized carbons (Fsp3) is 1.00. The Kier molecular flexibility index (Phi) is 5.82. The van der Waals surface area contributed by atoms with Crippen molar-refractivity contribution in [2.75, 3.05) is 0 Å². The molecule has 1 nitrogen and oxygen atoms in total. The van der Waals surface area contributed by atoms with E-state index in [-0.39, 0.29) is 0 Å². The molecule has 0 aromatic rings. The van der Waals surface area contributed by atoms with E-state index in [4.69, 9.17) is 0 Å². The predicted molar refractivity (Wildman–Crippen MR) is 72.8 cm³/mol. The molecule has 1 N–H and O–H groups in total. The summed E-state index contributed by atoms with van der Waals surface area (Å²) in [6, 6.07) is 1.57. The maximum Gasteiger partial charge on any atom is 0.00700 e. The summed E-state index contributed by atoms with van der Waals surface area (Å²) in [5.74, 6) is 0. The van der Waals surface area contributed by atoms with Gasteiger partial charge in [0, 0.05) is 12.1 Å². The van der Waals surface area contributed by atoms with Crippen molar-refractivity contribution in [1.29, 1.82) is 0 Å². The quantitative estimate of drug-likeness (QED) is 0.701. The SMILES string of the molecule is CCCCC(CC)NC1CCC(C)(C)CC1. The lowest BCUT2D eigenvalue weighted by atomic mass is 9.75. The molecule has 1 aliphatic rings. The molecule has 1 heteroatoms. The smallest absolute Gasteiger partial charge is 0.00700 e. The minimum Gasteiger partial charge on any atom is -0.311 e. The fourth-order valence-corrected chi connectivity index (χ4v) is 2.76. The molecule has 1 atom stereocenters. The molecule has 0 radical (unpaired) electrons. The van der Waals surface area contributed by atoms with Gasteiger partial charge in [0.1, 0.15) is 0 Å². The minimum absolute atomic E-state index is 0.601.